The molecule has 78 valence electrons. The molecule has 0 aliphatic rings. The van der Waals surface area contributed by atoms with Crippen molar-refractivity contribution in [1.82, 2.24) is 9.97 Å². The van der Waals surface area contributed by atoms with Crippen LogP contribution in [0.2, 0.25) is 0 Å². The second-order valence-electron chi connectivity index (χ2n) is 3.88. The molecule has 0 unspecified atom stereocenters. The fourth-order valence-corrected chi connectivity index (χ4v) is 2.05. The Labute approximate surface area is 91.8 Å². The number of nitrogens with one attached hydrogen (secondary N) is 1. The smallest absolute Gasteiger partial charge is 0.248 e. The lowest BCUT2D eigenvalue weighted by atomic mass is 10.1. The van der Waals surface area contributed by atoms with Crippen LogP contribution in [-0.4, -0.2) is 9.97 Å². The summed E-state index contributed by atoms with van der Waals surface area (Å²) >= 11 is 0. The first-order valence-electron chi connectivity index (χ1n) is 5.13. The Kier molecular flexibility index (Phi) is 1.80. The van der Waals surface area contributed by atoms with E-state index in [1.165, 1.54) is 0 Å². The number of fused-ring (bicyclic) bond motifs is 3. The van der Waals surface area contributed by atoms with Crippen LogP contribution in [0.3, 0.4) is 0 Å². The highest BCUT2D eigenvalue weighted by Crippen LogP contribution is 2.23. The van der Waals surface area contributed by atoms with Gasteiger partial charge in [-0.15, -0.1) is 0 Å². The Bertz CT molecular complexity index is 744. The molecule has 16 heavy (non-hydrogen) atoms. The molecule has 3 aromatic rings. The second-order valence-corrected chi connectivity index (χ2v) is 3.88. The molecule has 0 amide bonds. The molecule has 2 heterocycles. The van der Waals surface area contributed by atoms with Gasteiger partial charge in [-0.1, -0.05) is 0 Å². The van der Waals surface area contributed by atoms with Crippen LogP contribution in [0, 0.1) is 6.92 Å². The molecule has 3 heteroatoms. The topological polar surface area (TPSA) is 45.8 Å². The number of H-pyrrole nitrogens is 1. The van der Waals surface area contributed by atoms with Crippen LogP contribution in [0.1, 0.15) is 5.56 Å². The quantitative estimate of drug-likeness (QED) is 0.579. The van der Waals surface area contributed by atoms with Crippen molar-refractivity contribution in [3.05, 3.63) is 52.4 Å². The Morgan fingerprint density at radius 2 is 2.12 bits per heavy atom. The number of nitrogens with zero attached hydrogens (tertiary/aromatic N) is 1. The van der Waals surface area contributed by atoms with Gasteiger partial charge in [0, 0.05) is 17.6 Å². The number of rotatable bonds is 0. The molecule has 1 N–H and O–H groups in total. The average Bonchev–Trinajstić information content (AvgIpc) is 2.31. The van der Waals surface area contributed by atoms with E-state index in [0.29, 0.717) is 0 Å². The summed E-state index contributed by atoms with van der Waals surface area (Å²) in [5.41, 5.74) is 2.84. The first-order valence-corrected chi connectivity index (χ1v) is 5.13. The Morgan fingerprint density at radius 3 is 3.00 bits per heavy atom. The number of hydrogen-bond acceptors (Lipinski definition) is 2. The molecule has 0 radical (unpaired) electrons. The number of pyridine rings is 2. The summed E-state index contributed by atoms with van der Waals surface area (Å²) in [4.78, 5) is 18.5. The van der Waals surface area contributed by atoms with E-state index < -0.39 is 0 Å². The van der Waals surface area contributed by atoms with Crippen molar-refractivity contribution in [2.75, 3.05) is 0 Å². The lowest BCUT2D eigenvalue weighted by Gasteiger charge is -2.05. The van der Waals surface area contributed by atoms with Gasteiger partial charge in [-0.3, -0.25) is 9.78 Å². The molecule has 0 aliphatic heterocycles. The fourth-order valence-electron chi connectivity index (χ4n) is 2.05. The van der Waals surface area contributed by atoms with Crippen LogP contribution < -0.4 is 5.56 Å². The van der Waals surface area contributed by atoms with Crippen molar-refractivity contribution >= 4 is 21.8 Å². The van der Waals surface area contributed by atoms with Crippen LogP contribution in [0.5, 0.6) is 0 Å². The van der Waals surface area contributed by atoms with Crippen molar-refractivity contribution in [2.24, 2.45) is 0 Å². The number of benzene rings is 1. The average molecular weight is 210 g/mol. The minimum atomic E-state index is -0.0819. The Hall–Kier alpha value is -2.16. The van der Waals surface area contributed by atoms with Gasteiger partial charge in [0.2, 0.25) is 5.56 Å². The molecule has 0 bridgehead atoms. The van der Waals surface area contributed by atoms with Crippen molar-refractivity contribution in [1.29, 1.82) is 0 Å². The van der Waals surface area contributed by atoms with E-state index in [1.54, 1.807) is 12.3 Å². The first kappa shape index (κ1) is 9.09. The van der Waals surface area contributed by atoms with Gasteiger partial charge in [0.15, 0.2) is 0 Å². The molecule has 0 fully saturated rings. The van der Waals surface area contributed by atoms with Gasteiger partial charge in [-0.25, -0.2) is 0 Å². The van der Waals surface area contributed by atoms with Gasteiger partial charge < -0.3 is 4.98 Å². The number of aromatic amines is 1. The zero-order valence-electron chi connectivity index (χ0n) is 8.82. The molecule has 1 aromatic carbocycles. The summed E-state index contributed by atoms with van der Waals surface area (Å²) in [5.74, 6) is 0. The van der Waals surface area contributed by atoms with E-state index >= 15 is 0 Å². The van der Waals surface area contributed by atoms with Gasteiger partial charge in [0.1, 0.15) is 0 Å². The Morgan fingerprint density at radius 1 is 1.25 bits per heavy atom. The lowest BCUT2D eigenvalue weighted by Crippen LogP contribution is -2.03. The Balaban J connectivity index is 2.66. The highest BCUT2D eigenvalue weighted by Gasteiger charge is 2.04. The third kappa shape index (κ3) is 1.21. The largest absolute Gasteiger partial charge is 0.321 e. The van der Waals surface area contributed by atoms with Gasteiger partial charge >= 0.3 is 0 Å². The van der Waals surface area contributed by atoms with Gasteiger partial charge in [0.05, 0.1) is 11.0 Å². The zero-order valence-corrected chi connectivity index (χ0v) is 8.82. The minimum Gasteiger partial charge on any atom is -0.321 e. The molecule has 3 rings (SSSR count). The van der Waals surface area contributed by atoms with Gasteiger partial charge in [0.25, 0.3) is 0 Å². The summed E-state index contributed by atoms with van der Waals surface area (Å²) < 4.78 is 0. The standard InChI is InChI=1S/C13H10N2O/c1-8-7-9-4-5-11(16)15-13(9)10-3-2-6-14-12(8)10/h2-7H,1H3,(H,15,16). The van der Waals surface area contributed by atoms with Crippen molar-refractivity contribution in [3.63, 3.8) is 0 Å². The predicted molar refractivity (Wildman–Crippen MR) is 64.6 cm³/mol. The maximum atomic E-state index is 11.3. The first-order chi connectivity index (χ1) is 7.75. The van der Waals surface area contributed by atoms with Crippen LogP contribution >= 0.6 is 0 Å². The molecule has 0 spiro atoms. The molecular weight excluding hydrogens is 200 g/mol. The maximum absolute atomic E-state index is 11.3. The van der Waals surface area contributed by atoms with E-state index in [2.05, 4.69) is 9.97 Å². The number of aryl methyl sites for hydroxylation is 1. The van der Waals surface area contributed by atoms with E-state index in [1.807, 2.05) is 31.2 Å². The summed E-state index contributed by atoms with van der Waals surface area (Å²) in [6.45, 7) is 2.03. The van der Waals surface area contributed by atoms with E-state index in [4.69, 9.17) is 0 Å². The third-order valence-corrected chi connectivity index (χ3v) is 2.77. The molecule has 3 nitrogen and oxygen atoms in total. The van der Waals surface area contributed by atoms with Crippen molar-refractivity contribution in [3.8, 4) is 0 Å². The monoisotopic (exact) mass is 210 g/mol. The van der Waals surface area contributed by atoms with Crippen LogP contribution in [-0.2, 0) is 0 Å². The van der Waals surface area contributed by atoms with Crippen molar-refractivity contribution < 1.29 is 0 Å². The molecule has 0 saturated carbocycles. The maximum Gasteiger partial charge on any atom is 0.248 e. The fraction of sp³-hybridized carbons (Fsp3) is 0.0769. The number of aromatic nitrogens is 2. The van der Waals surface area contributed by atoms with E-state index in [0.717, 1.165) is 27.4 Å². The highest BCUT2D eigenvalue weighted by molar-refractivity contribution is 6.04. The highest BCUT2D eigenvalue weighted by atomic mass is 16.1. The minimum absolute atomic E-state index is 0.0819. The zero-order chi connectivity index (χ0) is 11.1. The normalized spacial score (nSPS) is 11.1. The third-order valence-electron chi connectivity index (χ3n) is 2.77. The molecule has 0 saturated heterocycles. The van der Waals surface area contributed by atoms with Gasteiger partial charge in [-0.05, 0) is 42.1 Å². The van der Waals surface area contributed by atoms with Gasteiger partial charge in [-0.2, -0.15) is 0 Å². The number of hydrogen-bond donors (Lipinski definition) is 1. The lowest BCUT2D eigenvalue weighted by molar-refractivity contribution is 1.30. The van der Waals surface area contributed by atoms with Crippen LogP contribution in [0.25, 0.3) is 21.8 Å². The SMILES string of the molecule is Cc1cc2ccc(=O)[nH]c2c2cccnc12. The summed E-state index contributed by atoms with van der Waals surface area (Å²) in [6, 6.07) is 9.29. The predicted octanol–water partition coefficient (Wildman–Crippen LogP) is 2.38. The van der Waals surface area contributed by atoms with E-state index in [-0.39, 0.29) is 5.56 Å². The molecule has 2 aromatic heterocycles. The summed E-state index contributed by atoms with van der Waals surface area (Å²) in [5, 5.41) is 2.04. The van der Waals surface area contributed by atoms with Crippen LogP contribution in [0.4, 0.5) is 0 Å². The van der Waals surface area contributed by atoms with Crippen molar-refractivity contribution in [2.45, 2.75) is 6.92 Å². The molecule has 0 aliphatic carbocycles. The van der Waals surface area contributed by atoms with E-state index in [9.17, 15) is 4.79 Å². The molecular formula is C13H10N2O. The second kappa shape index (κ2) is 3.17. The summed E-state index contributed by atoms with van der Waals surface area (Å²) in [6.07, 6.45) is 1.77. The summed E-state index contributed by atoms with van der Waals surface area (Å²) in [7, 11) is 0. The van der Waals surface area contributed by atoms with Crippen LogP contribution in [0.15, 0.2) is 41.3 Å². The molecule has 0 atom stereocenters.